The Morgan fingerprint density at radius 2 is 2.00 bits per heavy atom. The van der Waals surface area contributed by atoms with E-state index >= 15 is 0 Å². The predicted molar refractivity (Wildman–Crippen MR) is 83.8 cm³/mol. The van der Waals surface area contributed by atoms with Crippen LogP contribution in [-0.2, 0) is 0 Å². The molecule has 3 heterocycles. The number of fused-ring (bicyclic) bond motifs is 1. The number of rotatable bonds is 3. The third-order valence-corrected chi connectivity index (χ3v) is 3.34. The summed E-state index contributed by atoms with van der Waals surface area (Å²) < 4.78 is 1.75. The second kappa shape index (κ2) is 5.77. The number of amides is 1. The Balaban J connectivity index is 1.87. The molecule has 1 N–H and O–H groups in total. The summed E-state index contributed by atoms with van der Waals surface area (Å²) in [6.45, 7) is 3.64. The average molecular weight is 293 g/mol. The van der Waals surface area contributed by atoms with Gasteiger partial charge in [-0.1, -0.05) is 6.07 Å². The summed E-state index contributed by atoms with van der Waals surface area (Å²) in [5.74, 6) is -0.287. The van der Waals surface area contributed by atoms with Crippen LogP contribution in [-0.4, -0.2) is 26.0 Å². The van der Waals surface area contributed by atoms with Crippen LogP contribution in [0.1, 0.15) is 28.7 Å². The molecule has 0 aliphatic heterocycles. The minimum absolute atomic E-state index is 0.287. The molecule has 22 heavy (non-hydrogen) atoms. The van der Waals surface area contributed by atoms with E-state index < -0.39 is 0 Å². The van der Waals surface area contributed by atoms with Gasteiger partial charge in [-0.2, -0.15) is 5.10 Å². The Bertz CT molecular complexity index is 851. The lowest BCUT2D eigenvalue weighted by atomic mass is 10.2. The second-order valence-electron chi connectivity index (χ2n) is 4.85. The highest BCUT2D eigenvalue weighted by Crippen LogP contribution is 2.11. The first-order valence-corrected chi connectivity index (χ1v) is 6.85. The van der Waals surface area contributed by atoms with Gasteiger partial charge in [0, 0.05) is 24.2 Å². The fourth-order valence-corrected chi connectivity index (χ4v) is 2.23. The molecule has 0 aliphatic carbocycles. The summed E-state index contributed by atoms with van der Waals surface area (Å²) in [6.07, 6.45) is 5.18. The molecule has 110 valence electrons. The fourth-order valence-electron chi connectivity index (χ4n) is 2.23. The first kappa shape index (κ1) is 13.9. The predicted octanol–water partition coefficient (Wildman–Crippen LogP) is 2.19. The molecule has 0 spiro atoms. The SMILES string of the molecule is C/C(=N/NC(=O)c1c(C)nc2ccccn12)c1ccncc1. The third kappa shape index (κ3) is 2.58. The van der Waals surface area contributed by atoms with Crippen LogP contribution >= 0.6 is 0 Å². The van der Waals surface area contributed by atoms with Crippen LogP contribution in [0.15, 0.2) is 54.0 Å². The molecule has 6 nitrogen and oxygen atoms in total. The number of carbonyl (C=O) groups is 1. The molecule has 1 amide bonds. The summed E-state index contributed by atoms with van der Waals surface area (Å²) in [7, 11) is 0. The molecule has 0 aliphatic rings. The van der Waals surface area contributed by atoms with E-state index in [0.29, 0.717) is 17.1 Å². The van der Waals surface area contributed by atoms with Crippen LogP contribution in [0.3, 0.4) is 0 Å². The van der Waals surface area contributed by atoms with Crippen molar-refractivity contribution in [2.75, 3.05) is 0 Å². The van der Waals surface area contributed by atoms with Crippen molar-refractivity contribution in [3.8, 4) is 0 Å². The van der Waals surface area contributed by atoms with Crippen molar-refractivity contribution in [2.45, 2.75) is 13.8 Å². The zero-order valence-electron chi connectivity index (χ0n) is 12.3. The highest BCUT2D eigenvalue weighted by Gasteiger charge is 2.15. The first-order chi connectivity index (χ1) is 10.7. The van der Waals surface area contributed by atoms with E-state index in [0.717, 1.165) is 11.2 Å². The maximum atomic E-state index is 12.4. The number of nitrogens with one attached hydrogen (secondary N) is 1. The van der Waals surface area contributed by atoms with E-state index in [1.165, 1.54) is 0 Å². The van der Waals surface area contributed by atoms with Crippen LogP contribution in [0.2, 0.25) is 0 Å². The molecule has 0 fully saturated rings. The Hall–Kier alpha value is -3.02. The molecule has 0 radical (unpaired) electrons. The molecule has 3 aromatic rings. The van der Waals surface area contributed by atoms with Gasteiger partial charge in [0.25, 0.3) is 5.91 Å². The zero-order chi connectivity index (χ0) is 15.5. The fraction of sp³-hybridized carbons (Fsp3) is 0.125. The number of hydrazone groups is 1. The number of hydrogen-bond donors (Lipinski definition) is 1. The Labute approximate surface area is 127 Å². The van der Waals surface area contributed by atoms with Crippen molar-refractivity contribution < 1.29 is 4.79 Å². The number of imidazole rings is 1. The van der Waals surface area contributed by atoms with Gasteiger partial charge < -0.3 is 0 Å². The largest absolute Gasteiger partial charge is 0.295 e. The molecule has 3 aromatic heterocycles. The smallest absolute Gasteiger partial charge is 0.290 e. The number of pyridine rings is 2. The lowest BCUT2D eigenvalue weighted by Gasteiger charge is -2.03. The normalized spacial score (nSPS) is 11.6. The summed E-state index contributed by atoms with van der Waals surface area (Å²) in [5.41, 5.74) is 6.09. The molecule has 0 bridgehead atoms. The zero-order valence-corrected chi connectivity index (χ0v) is 12.3. The van der Waals surface area contributed by atoms with Crippen LogP contribution in [0.25, 0.3) is 5.65 Å². The summed E-state index contributed by atoms with van der Waals surface area (Å²) in [5, 5.41) is 4.15. The monoisotopic (exact) mass is 293 g/mol. The van der Waals surface area contributed by atoms with Crippen LogP contribution in [0.5, 0.6) is 0 Å². The Morgan fingerprint density at radius 3 is 2.77 bits per heavy atom. The number of aryl methyl sites for hydroxylation is 1. The number of nitrogens with zero attached hydrogens (tertiary/aromatic N) is 4. The topological polar surface area (TPSA) is 71.7 Å². The van der Waals surface area contributed by atoms with Gasteiger partial charge in [-0.15, -0.1) is 0 Å². The minimum Gasteiger partial charge on any atom is -0.295 e. The molecule has 0 saturated heterocycles. The van der Waals surface area contributed by atoms with E-state index in [9.17, 15) is 4.79 Å². The van der Waals surface area contributed by atoms with Crippen molar-refractivity contribution in [2.24, 2.45) is 5.10 Å². The van der Waals surface area contributed by atoms with Gasteiger partial charge >= 0.3 is 0 Å². The number of carbonyl (C=O) groups excluding carboxylic acids is 1. The van der Waals surface area contributed by atoms with Crippen LogP contribution in [0.4, 0.5) is 0 Å². The standard InChI is InChI=1S/C16H15N5O/c1-11(13-6-8-17-9-7-13)19-20-16(22)15-12(2)18-14-5-3-4-10-21(14)15/h3-10H,1-2H3,(H,20,22)/b19-11-. The highest BCUT2D eigenvalue weighted by molar-refractivity contribution is 6.00. The van der Waals surface area contributed by atoms with Crippen molar-refractivity contribution in [1.82, 2.24) is 19.8 Å². The maximum absolute atomic E-state index is 12.4. The molecule has 6 heteroatoms. The molecule has 0 unspecified atom stereocenters. The lowest BCUT2D eigenvalue weighted by Crippen LogP contribution is -2.21. The summed E-state index contributed by atoms with van der Waals surface area (Å²) >= 11 is 0. The summed E-state index contributed by atoms with van der Waals surface area (Å²) in [6, 6.07) is 9.27. The van der Waals surface area contributed by atoms with E-state index in [-0.39, 0.29) is 5.91 Å². The maximum Gasteiger partial charge on any atom is 0.290 e. The third-order valence-electron chi connectivity index (χ3n) is 3.34. The molecule has 0 atom stereocenters. The number of aromatic nitrogens is 3. The van der Waals surface area contributed by atoms with E-state index in [1.807, 2.05) is 43.5 Å². The van der Waals surface area contributed by atoms with Gasteiger partial charge in [-0.25, -0.2) is 10.4 Å². The quantitative estimate of drug-likeness (QED) is 0.594. The van der Waals surface area contributed by atoms with Crippen molar-refractivity contribution in [3.05, 3.63) is 65.9 Å². The van der Waals surface area contributed by atoms with Crippen molar-refractivity contribution in [3.63, 3.8) is 0 Å². The van der Waals surface area contributed by atoms with E-state index in [1.54, 1.807) is 23.7 Å². The van der Waals surface area contributed by atoms with Crippen LogP contribution in [0, 0.1) is 6.92 Å². The second-order valence-corrected chi connectivity index (χ2v) is 4.85. The average Bonchev–Trinajstić information content (AvgIpc) is 2.89. The van der Waals surface area contributed by atoms with Gasteiger partial charge in [0.2, 0.25) is 0 Å². The van der Waals surface area contributed by atoms with E-state index in [4.69, 9.17) is 0 Å². The van der Waals surface area contributed by atoms with Crippen LogP contribution < -0.4 is 5.43 Å². The first-order valence-electron chi connectivity index (χ1n) is 6.85. The molecule has 3 rings (SSSR count). The van der Waals surface area contributed by atoms with Gasteiger partial charge in [-0.3, -0.25) is 14.2 Å². The Kier molecular flexibility index (Phi) is 3.65. The minimum atomic E-state index is -0.287. The Morgan fingerprint density at radius 1 is 1.23 bits per heavy atom. The molecule has 0 saturated carbocycles. The highest BCUT2D eigenvalue weighted by atomic mass is 16.2. The number of hydrogen-bond acceptors (Lipinski definition) is 4. The molecule has 0 aromatic carbocycles. The molecular formula is C16H15N5O. The van der Waals surface area contributed by atoms with Crippen molar-refractivity contribution >= 4 is 17.3 Å². The lowest BCUT2D eigenvalue weighted by molar-refractivity contribution is 0.0948. The van der Waals surface area contributed by atoms with E-state index in [2.05, 4.69) is 20.5 Å². The summed E-state index contributed by atoms with van der Waals surface area (Å²) in [4.78, 5) is 20.7. The van der Waals surface area contributed by atoms with Gasteiger partial charge in [0.1, 0.15) is 11.3 Å². The molecular weight excluding hydrogens is 278 g/mol. The van der Waals surface area contributed by atoms with Gasteiger partial charge in [0.15, 0.2) is 0 Å². The van der Waals surface area contributed by atoms with Gasteiger partial charge in [0.05, 0.1) is 11.4 Å². The van der Waals surface area contributed by atoms with Gasteiger partial charge in [-0.05, 0) is 38.1 Å². The van der Waals surface area contributed by atoms with Crippen molar-refractivity contribution in [1.29, 1.82) is 0 Å².